The van der Waals surface area contributed by atoms with Crippen molar-refractivity contribution < 1.29 is 14.6 Å². The van der Waals surface area contributed by atoms with Crippen molar-refractivity contribution in [2.45, 2.75) is 39.5 Å². The number of likely N-dealkylation sites (tertiary alicyclic amines) is 1. The quantitative estimate of drug-likeness (QED) is 0.854. The van der Waals surface area contributed by atoms with Crippen molar-refractivity contribution in [3.05, 3.63) is 46.2 Å². The summed E-state index contributed by atoms with van der Waals surface area (Å²) in [6.45, 7) is 8.27. The first kappa shape index (κ1) is 17.8. The third-order valence-corrected chi connectivity index (χ3v) is 4.68. The molecule has 0 radical (unpaired) electrons. The number of nitrogens with zero attached hydrogens (tertiary/aromatic N) is 3. The number of hydrogen-bond donors (Lipinski definition) is 1. The van der Waals surface area contributed by atoms with Gasteiger partial charge in [0, 0.05) is 25.3 Å². The van der Waals surface area contributed by atoms with Gasteiger partial charge in [-0.3, -0.25) is 9.58 Å². The Morgan fingerprint density at radius 2 is 2.12 bits per heavy atom. The molecule has 1 aliphatic rings. The van der Waals surface area contributed by atoms with E-state index in [0.29, 0.717) is 16.8 Å². The topological polar surface area (TPSA) is 67.6 Å². The lowest BCUT2D eigenvalue weighted by molar-refractivity contribution is -0.144. The normalized spacial score (nSPS) is 16.5. The standard InChI is InChI=1S/C18H22ClN3O3/c1-11-6-12(2)22(20-11)15-9-21(10-15)8-14-4-5-17(16(19)7-14)25-13(3)18(23)24/h4-7,13,15H,8-10H2,1-3H3,(H,23,24). The van der Waals surface area contributed by atoms with Crippen molar-refractivity contribution in [1.29, 1.82) is 0 Å². The number of halogens is 1. The van der Waals surface area contributed by atoms with Gasteiger partial charge in [-0.2, -0.15) is 5.10 Å². The minimum absolute atomic E-state index is 0.393. The predicted octanol–water partition coefficient (Wildman–Crippen LogP) is 3.06. The second-order valence-corrected chi connectivity index (χ2v) is 6.99. The SMILES string of the molecule is Cc1cc(C)n(C2CN(Cc3ccc(OC(C)C(=O)O)c(Cl)c3)C2)n1. The fourth-order valence-corrected chi connectivity index (χ4v) is 3.33. The van der Waals surface area contributed by atoms with Crippen LogP contribution < -0.4 is 4.74 Å². The van der Waals surface area contributed by atoms with Crippen LogP contribution in [0.5, 0.6) is 5.75 Å². The molecule has 6 nitrogen and oxygen atoms in total. The van der Waals surface area contributed by atoms with Crippen molar-refractivity contribution in [3.63, 3.8) is 0 Å². The summed E-state index contributed by atoms with van der Waals surface area (Å²) in [5.74, 6) is -0.625. The number of carbonyl (C=O) groups is 1. The summed E-state index contributed by atoms with van der Waals surface area (Å²) in [5.41, 5.74) is 3.32. The Hall–Kier alpha value is -2.05. The van der Waals surface area contributed by atoms with Gasteiger partial charge in [0.1, 0.15) is 5.75 Å². The summed E-state index contributed by atoms with van der Waals surface area (Å²) in [6.07, 6.45) is -0.930. The maximum absolute atomic E-state index is 10.9. The molecule has 3 rings (SSSR count). The average molecular weight is 364 g/mol. The lowest BCUT2D eigenvalue weighted by Gasteiger charge is -2.39. The molecule has 7 heteroatoms. The zero-order valence-electron chi connectivity index (χ0n) is 14.6. The molecule has 0 aliphatic carbocycles. The van der Waals surface area contributed by atoms with Gasteiger partial charge in [-0.05, 0) is 44.5 Å². The van der Waals surface area contributed by atoms with Crippen LogP contribution >= 0.6 is 11.6 Å². The van der Waals surface area contributed by atoms with Crippen LogP contribution in [0.15, 0.2) is 24.3 Å². The Bertz CT molecular complexity index is 784. The summed E-state index contributed by atoms with van der Waals surface area (Å²) in [7, 11) is 0. The van der Waals surface area contributed by atoms with Crippen LogP contribution in [0.2, 0.25) is 5.02 Å². The number of aliphatic carboxylic acids is 1. The van der Waals surface area contributed by atoms with Crippen LogP contribution in [0.25, 0.3) is 0 Å². The number of aryl methyl sites for hydroxylation is 2. The van der Waals surface area contributed by atoms with E-state index < -0.39 is 12.1 Å². The van der Waals surface area contributed by atoms with E-state index in [4.69, 9.17) is 21.4 Å². The van der Waals surface area contributed by atoms with Crippen molar-refractivity contribution in [2.24, 2.45) is 0 Å². The highest BCUT2D eigenvalue weighted by Crippen LogP contribution is 2.29. The first-order chi connectivity index (χ1) is 11.8. The molecule has 1 N–H and O–H groups in total. The lowest BCUT2D eigenvalue weighted by Crippen LogP contribution is -2.47. The zero-order valence-corrected chi connectivity index (χ0v) is 15.3. The molecule has 1 aliphatic heterocycles. The van der Waals surface area contributed by atoms with Gasteiger partial charge in [0.25, 0.3) is 0 Å². The monoisotopic (exact) mass is 363 g/mol. The molecule has 0 saturated carbocycles. The van der Waals surface area contributed by atoms with Gasteiger partial charge in [0.2, 0.25) is 0 Å². The maximum Gasteiger partial charge on any atom is 0.344 e. The minimum Gasteiger partial charge on any atom is -0.479 e. The van der Waals surface area contributed by atoms with E-state index in [1.807, 2.05) is 19.1 Å². The highest BCUT2D eigenvalue weighted by Gasteiger charge is 2.29. The summed E-state index contributed by atoms with van der Waals surface area (Å²) >= 11 is 6.22. The number of ether oxygens (including phenoxy) is 1. The van der Waals surface area contributed by atoms with Crippen LogP contribution in [0.1, 0.15) is 29.9 Å². The largest absolute Gasteiger partial charge is 0.479 e. The summed E-state index contributed by atoms with van der Waals surface area (Å²) in [5, 5.41) is 13.9. The Morgan fingerprint density at radius 3 is 2.68 bits per heavy atom. The number of carboxylic acid groups (broad SMARTS) is 1. The van der Waals surface area contributed by atoms with Crippen molar-refractivity contribution >= 4 is 17.6 Å². The molecule has 1 fully saturated rings. The van der Waals surface area contributed by atoms with E-state index in [1.54, 1.807) is 6.07 Å². The van der Waals surface area contributed by atoms with Crippen LogP contribution in [0, 0.1) is 13.8 Å². The molecule has 25 heavy (non-hydrogen) atoms. The van der Waals surface area contributed by atoms with Crippen molar-refractivity contribution in [3.8, 4) is 5.75 Å². The second kappa shape index (κ2) is 7.06. The summed E-state index contributed by atoms with van der Waals surface area (Å²) in [6, 6.07) is 8.01. The van der Waals surface area contributed by atoms with Gasteiger partial charge in [-0.1, -0.05) is 17.7 Å². The fourth-order valence-electron chi connectivity index (χ4n) is 3.08. The molecule has 0 bridgehead atoms. The molecule has 1 unspecified atom stereocenters. The third kappa shape index (κ3) is 3.96. The van der Waals surface area contributed by atoms with Gasteiger partial charge in [0.15, 0.2) is 6.10 Å². The van der Waals surface area contributed by atoms with E-state index in [1.165, 1.54) is 12.6 Å². The van der Waals surface area contributed by atoms with E-state index in [2.05, 4.69) is 27.7 Å². The van der Waals surface area contributed by atoms with Gasteiger partial charge in [-0.15, -0.1) is 0 Å². The van der Waals surface area contributed by atoms with Crippen molar-refractivity contribution in [1.82, 2.24) is 14.7 Å². The number of carboxylic acids is 1. The average Bonchev–Trinajstić information content (AvgIpc) is 2.83. The molecule has 1 aromatic heterocycles. The smallest absolute Gasteiger partial charge is 0.344 e. The van der Waals surface area contributed by atoms with Crippen molar-refractivity contribution in [2.75, 3.05) is 13.1 Å². The predicted molar refractivity (Wildman–Crippen MR) is 95.2 cm³/mol. The Labute approximate surface area is 152 Å². The maximum atomic E-state index is 10.9. The summed E-state index contributed by atoms with van der Waals surface area (Å²) < 4.78 is 7.44. The van der Waals surface area contributed by atoms with E-state index in [0.717, 1.165) is 30.9 Å². The first-order valence-electron chi connectivity index (χ1n) is 8.26. The van der Waals surface area contributed by atoms with Crippen LogP contribution in [0.4, 0.5) is 0 Å². The Balaban J connectivity index is 1.57. The molecule has 134 valence electrons. The molecule has 0 spiro atoms. The molecule has 1 saturated heterocycles. The van der Waals surface area contributed by atoms with Gasteiger partial charge in [0.05, 0.1) is 16.8 Å². The molecule has 1 aromatic carbocycles. The highest BCUT2D eigenvalue weighted by molar-refractivity contribution is 6.32. The number of hydrogen-bond acceptors (Lipinski definition) is 4. The Kier molecular flexibility index (Phi) is 5.01. The zero-order chi connectivity index (χ0) is 18.1. The van der Waals surface area contributed by atoms with Gasteiger partial charge in [-0.25, -0.2) is 4.79 Å². The molecule has 0 amide bonds. The number of rotatable bonds is 6. The van der Waals surface area contributed by atoms with Gasteiger partial charge < -0.3 is 9.84 Å². The lowest BCUT2D eigenvalue weighted by atomic mass is 10.1. The van der Waals surface area contributed by atoms with Crippen LogP contribution in [-0.2, 0) is 11.3 Å². The molecular weight excluding hydrogens is 342 g/mol. The second-order valence-electron chi connectivity index (χ2n) is 6.58. The van der Waals surface area contributed by atoms with E-state index in [9.17, 15) is 4.79 Å². The molecule has 2 heterocycles. The van der Waals surface area contributed by atoms with E-state index in [-0.39, 0.29) is 0 Å². The fraction of sp³-hybridized carbons (Fsp3) is 0.444. The molecule has 2 aromatic rings. The molecular formula is C18H22ClN3O3. The minimum atomic E-state index is -1.02. The van der Waals surface area contributed by atoms with Crippen LogP contribution in [-0.4, -0.2) is 44.9 Å². The van der Waals surface area contributed by atoms with E-state index >= 15 is 0 Å². The first-order valence-corrected chi connectivity index (χ1v) is 8.64. The summed E-state index contributed by atoms with van der Waals surface area (Å²) in [4.78, 5) is 13.2. The third-order valence-electron chi connectivity index (χ3n) is 4.38. The number of aromatic nitrogens is 2. The Morgan fingerprint density at radius 1 is 1.40 bits per heavy atom. The highest BCUT2D eigenvalue weighted by atomic mass is 35.5. The van der Waals surface area contributed by atoms with Gasteiger partial charge >= 0.3 is 5.97 Å². The number of benzene rings is 1. The van der Waals surface area contributed by atoms with Crippen LogP contribution in [0.3, 0.4) is 0 Å². The molecule has 1 atom stereocenters.